The van der Waals surface area contributed by atoms with Crippen molar-refractivity contribution in [3.05, 3.63) is 12.2 Å². The molecule has 0 spiro atoms. The summed E-state index contributed by atoms with van der Waals surface area (Å²) in [5, 5.41) is 11.4. The summed E-state index contributed by atoms with van der Waals surface area (Å²) in [4.78, 5) is 10.4. The highest BCUT2D eigenvalue weighted by molar-refractivity contribution is 5.73. The third-order valence-electron chi connectivity index (χ3n) is 1.68. The number of hydrogen-bond acceptors (Lipinski definition) is 2. The van der Waals surface area contributed by atoms with Crippen molar-refractivity contribution in [2.24, 2.45) is 0 Å². The largest absolute Gasteiger partial charge is 0.480 e. The van der Waals surface area contributed by atoms with E-state index in [0.717, 1.165) is 12.0 Å². The summed E-state index contributed by atoms with van der Waals surface area (Å²) in [5.41, 5.74) is 1.09. The summed E-state index contributed by atoms with van der Waals surface area (Å²) in [5.74, 6) is -0.757. The molecule has 1 aliphatic heterocycles. The van der Waals surface area contributed by atoms with Gasteiger partial charge in [0.05, 0.1) is 0 Å². The zero-order chi connectivity index (χ0) is 7.56. The van der Waals surface area contributed by atoms with Gasteiger partial charge in [-0.3, -0.25) is 4.79 Å². The lowest BCUT2D eigenvalue weighted by Crippen LogP contribution is -2.40. The first kappa shape index (κ1) is 7.28. The van der Waals surface area contributed by atoms with Gasteiger partial charge >= 0.3 is 5.97 Å². The minimum Gasteiger partial charge on any atom is -0.480 e. The van der Waals surface area contributed by atoms with Crippen LogP contribution in [0.4, 0.5) is 0 Å². The van der Waals surface area contributed by atoms with Gasteiger partial charge in [0.1, 0.15) is 6.04 Å². The van der Waals surface area contributed by atoms with Gasteiger partial charge in [0.25, 0.3) is 0 Å². The molecule has 1 rings (SSSR count). The summed E-state index contributed by atoms with van der Waals surface area (Å²) in [7, 11) is 0. The SMILES string of the molecule is C=C1CCC(C(=O)O)NC1. The maximum Gasteiger partial charge on any atom is 0.320 e. The lowest BCUT2D eigenvalue weighted by Gasteiger charge is -2.20. The molecule has 10 heavy (non-hydrogen) atoms. The highest BCUT2D eigenvalue weighted by Crippen LogP contribution is 2.10. The second-order valence-corrected chi connectivity index (χ2v) is 2.56. The van der Waals surface area contributed by atoms with Gasteiger partial charge in [0.15, 0.2) is 0 Å². The van der Waals surface area contributed by atoms with Gasteiger partial charge in [-0.25, -0.2) is 0 Å². The highest BCUT2D eigenvalue weighted by Gasteiger charge is 2.20. The molecule has 0 saturated carbocycles. The monoisotopic (exact) mass is 141 g/mol. The van der Waals surface area contributed by atoms with E-state index in [1.807, 2.05) is 0 Å². The molecule has 1 atom stereocenters. The third kappa shape index (κ3) is 1.57. The maximum atomic E-state index is 10.4. The van der Waals surface area contributed by atoms with E-state index in [2.05, 4.69) is 11.9 Å². The molecule has 0 aromatic rings. The molecule has 0 aromatic heterocycles. The Kier molecular flexibility index (Phi) is 2.06. The van der Waals surface area contributed by atoms with E-state index in [1.165, 1.54) is 0 Å². The molecular weight excluding hydrogens is 130 g/mol. The summed E-state index contributed by atoms with van der Waals surface area (Å²) in [6.07, 6.45) is 1.51. The van der Waals surface area contributed by atoms with Crippen LogP contribution in [0, 0.1) is 0 Å². The number of aliphatic carboxylic acids is 1. The van der Waals surface area contributed by atoms with E-state index in [-0.39, 0.29) is 6.04 Å². The number of carbonyl (C=O) groups is 1. The molecule has 0 amide bonds. The minimum absolute atomic E-state index is 0.356. The van der Waals surface area contributed by atoms with Crippen LogP contribution < -0.4 is 5.32 Å². The van der Waals surface area contributed by atoms with Gasteiger partial charge in [-0.15, -0.1) is 0 Å². The Hall–Kier alpha value is -0.830. The van der Waals surface area contributed by atoms with Crippen molar-refractivity contribution in [1.82, 2.24) is 5.32 Å². The average Bonchev–Trinajstić information content (AvgIpc) is 1.88. The van der Waals surface area contributed by atoms with E-state index >= 15 is 0 Å². The molecule has 2 N–H and O–H groups in total. The summed E-state index contributed by atoms with van der Waals surface area (Å²) < 4.78 is 0. The van der Waals surface area contributed by atoms with Gasteiger partial charge in [0, 0.05) is 6.54 Å². The number of nitrogens with one attached hydrogen (secondary N) is 1. The maximum absolute atomic E-state index is 10.4. The molecule has 0 radical (unpaired) electrons. The van der Waals surface area contributed by atoms with Crippen molar-refractivity contribution >= 4 is 5.97 Å². The van der Waals surface area contributed by atoms with E-state index in [9.17, 15) is 4.79 Å². The van der Waals surface area contributed by atoms with Crippen LogP contribution in [0.15, 0.2) is 12.2 Å². The topological polar surface area (TPSA) is 49.3 Å². The molecule has 56 valence electrons. The van der Waals surface area contributed by atoms with Crippen molar-refractivity contribution in [3.63, 3.8) is 0 Å². The van der Waals surface area contributed by atoms with E-state index in [4.69, 9.17) is 5.11 Å². The fourth-order valence-corrected chi connectivity index (χ4v) is 1.02. The number of hydrogen-bond donors (Lipinski definition) is 2. The van der Waals surface area contributed by atoms with Crippen LogP contribution in [-0.4, -0.2) is 23.7 Å². The molecule has 3 heteroatoms. The second kappa shape index (κ2) is 2.84. The molecule has 1 saturated heterocycles. The number of piperidine rings is 1. The zero-order valence-corrected chi connectivity index (χ0v) is 5.76. The van der Waals surface area contributed by atoms with Gasteiger partial charge < -0.3 is 10.4 Å². The zero-order valence-electron chi connectivity index (χ0n) is 5.76. The molecule has 0 bridgehead atoms. The Morgan fingerprint density at radius 1 is 1.80 bits per heavy atom. The predicted octanol–water partition coefficient (Wildman–Crippen LogP) is 0.379. The molecule has 1 heterocycles. The highest BCUT2D eigenvalue weighted by atomic mass is 16.4. The quantitative estimate of drug-likeness (QED) is 0.519. The van der Waals surface area contributed by atoms with E-state index < -0.39 is 5.97 Å². The first-order chi connectivity index (χ1) is 4.70. The summed E-state index contributed by atoms with van der Waals surface area (Å²) in [6, 6.07) is -0.356. The van der Waals surface area contributed by atoms with Crippen molar-refractivity contribution < 1.29 is 9.90 Å². The number of rotatable bonds is 1. The fourth-order valence-electron chi connectivity index (χ4n) is 1.02. The Bertz CT molecular complexity index is 155. The molecule has 1 aliphatic rings. The average molecular weight is 141 g/mol. The molecular formula is C7H11NO2. The van der Waals surface area contributed by atoms with Crippen molar-refractivity contribution in [1.29, 1.82) is 0 Å². The van der Waals surface area contributed by atoms with Crippen LogP contribution in [0.5, 0.6) is 0 Å². The van der Waals surface area contributed by atoms with Crippen molar-refractivity contribution in [2.45, 2.75) is 18.9 Å². The minimum atomic E-state index is -0.757. The number of carboxylic acid groups (broad SMARTS) is 1. The van der Waals surface area contributed by atoms with Gasteiger partial charge in [-0.05, 0) is 12.8 Å². The van der Waals surface area contributed by atoms with Crippen molar-refractivity contribution in [2.75, 3.05) is 6.54 Å². The van der Waals surface area contributed by atoms with Crippen LogP contribution >= 0.6 is 0 Å². The van der Waals surface area contributed by atoms with Crippen LogP contribution in [0.3, 0.4) is 0 Å². The molecule has 1 unspecified atom stereocenters. The standard InChI is InChI=1S/C7H11NO2/c1-5-2-3-6(7(9)10)8-4-5/h6,8H,1-4H2,(H,9,10). The Morgan fingerprint density at radius 3 is 2.90 bits per heavy atom. The Balaban J connectivity index is 2.40. The second-order valence-electron chi connectivity index (χ2n) is 2.56. The van der Waals surface area contributed by atoms with Crippen LogP contribution in [0.2, 0.25) is 0 Å². The van der Waals surface area contributed by atoms with Crippen LogP contribution in [-0.2, 0) is 4.79 Å². The molecule has 1 fully saturated rings. The van der Waals surface area contributed by atoms with Crippen LogP contribution in [0.25, 0.3) is 0 Å². The Labute approximate surface area is 59.7 Å². The smallest absolute Gasteiger partial charge is 0.320 e. The first-order valence-corrected chi connectivity index (χ1v) is 3.33. The van der Waals surface area contributed by atoms with E-state index in [1.54, 1.807) is 0 Å². The van der Waals surface area contributed by atoms with Crippen molar-refractivity contribution in [3.8, 4) is 0 Å². The molecule has 3 nitrogen and oxygen atoms in total. The van der Waals surface area contributed by atoms with Crippen LogP contribution in [0.1, 0.15) is 12.8 Å². The summed E-state index contributed by atoms with van der Waals surface area (Å²) >= 11 is 0. The van der Waals surface area contributed by atoms with Gasteiger partial charge in [0.2, 0.25) is 0 Å². The lowest BCUT2D eigenvalue weighted by atomic mass is 10.0. The van der Waals surface area contributed by atoms with Gasteiger partial charge in [-0.1, -0.05) is 12.2 Å². The van der Waals surface area contributed by atoms with Gasteiger partial charge in [-0.2, -0.15) is 0 Å². The third-order valence-corrected chi connectivity index (χ3v) is 1.68. The number of carboxylic acids is 1. The Morgan fingerprint density at radius 2 is 2.50 bits per heavy atom. The molecule has 0 aromatic carbocycles. The first-order valence-electron chi connectivity index (χ1n) is 3.33. The fraction of sp³-hybridized carbons (Fsp3) is 0.571. The molecule has 0 aliphatic carbocycles. The van der Waals surface area contributed by atoms with E-state index in [0.29, 0.717) is 13.0 Å². The normalized spacial score (nSPS) is 26.4. The summed E-state index contributed by atoms with van der Waals surface area (Å²) in [6.45, 7) is 4.40. The lowest BCUT2D eigenvalue weighted by molar-refractivity contribution is -0.139. The predicted molar refractivity (Wildman–Crippen MR) is 37.8 cm³/mol.